The van der Waals surface area contributed by atoms with E-state index in [4.69, 9.17) is 9.47 Å². The zero-order chi connectivity index (χ0) is 22.9. The summed E-state index contributed by atoms with van der Waals surface area (Å²) in [6.07, 6.45) is 2.09. The van der Waals surface area contributed by atoms with Gasteiger partial charge in [-0.25, -0.2) is 9.37 Å². The summed E-state index contributed by atoms with van der Waals surface area (Å²) in [6.45, 7) is 4.25. The van der Waals surface area contributed by atoms with E-state index in [-0.39, 0.29) is 17.7 Å². The first-order chi connectivity index (χ1) is 15.5. The topological polar surface area (TPSA) is 109 Å². The van der Waals surface area contributed by atoms with Crippen molar-refractivity contribution in [1.82, 2.24) is 9.97 Å². The van der Waals surface area contributed by atoms with Crippen molar-refractivity contribution in [3.05, 3.63) is 73.2 Å². The number of hydrogen-bond acceptors (Lipinski definition) is 8. The highest BCUT2D eigenvalue weighted by atomic mass is 19.1. The minimum atomic E-state index is -0.718. The van der Waals surface area contributed by atoms with Crippen LogP contribution in [0.5, 0.6) is 5.75 Å². The molecule has 0 spiro atoms. The van der Waals surface area contributed by atoms with Crippen molar-refractivity contribution in [1.29, 1.82) is 0 Å². The number of benzene rings is 2. The van der Waals surface area contributed by atoms with Crippen molar-refractivity contribution in [3.63, 3.8) is 0 Å². The van der Waals surface area contributed by atoms with Crippen LogP contribution in [0, 0.1) is 5.82 Å². The molecule has 0 unspecified atom stereocenters. The number of amides is 1. The average Bonchev–Trinajstić information content (AvgIpc) is 2.81. The fourth-order valence-electron chi connectivity index (χ4n) is 2.59. The third-order valence-corrected chi connectivity index (χ3v) is 4.14. The van der Waals surface area contributed by atoms with Gasteiger partial charge in [-0.05, 0) is 48.5 Å². The third-order valence-electron chi connectivity index (χ3n) is 4.14. The van der Waals surface area contributed by atoms with Crippen LogP contribution >= 0.6 is 0 Å². The molecule has 9 nitrogen and oxygen atoms in total. The Balaban J connectivity index is 1.74. The van der Waals surface area contributed by atoms with Crippen molar-refractivity contribution < 1.29 is 23.9 Å². The number of anilines is 5. The Hall–Kier alpha value is -4.02. The summed E-state index contributed by atoms with van der Waals surface area (Å²) in [6, 6.07) is 13.2. The molecule has 3 aromatic rings. The Morgan fingerprint density at radius 2 is 1.97 bits per heavy atom. The number of rotatable bonds is 10. The van der Waals surface area contributed by atoms with E-state index in [1.165, 1.54) is 0 Å². The molecule has 1 heterocycles. The molecule has 166 valence electrons. The lowest BCUT2D eigenvalue weighted by atomic mass is 10.2. The highest BCUT2D eigenvalue weighted by Gasteiger charge is 2.14. The summed E-state index contributed by atoms with van der Waals surface area (Å²) in [5.74, 6) is -0.780. The fourth-order valence-corrected chi connectivity index (χ4v) is 2.59. The first kappa shape index (κ1) is 22.7. The average molecular weight is 439 g/mol. The molecule has 0 atom stereocenters. The van der Waals surface area contributed by atoms with Gasteiger partial charge < -0.3 is 20.1 Å². The molecule has 0 fully saturated rings. The van der Waals surface area contributed by atoms with E-state index in [9.17, 15) is 14.4 Å². The molecular weight excluding hydrogens is 417 g/mol. The van der Waals surface area contributed by atoms with Gasteiger partial charge in [0.05, 0.1) is 18.5 Å². The van der Waals surface area contributed by atoms with Crippen LogP contribution in [0.3, 0.4) is 0 Å². The van der Waals surface area contributed by atoms with Gasteiger partial charge in [0.15, 0.2) is 11.6 Å². The van der Waals surface area contributed by atoms with Crippen LogP contribution in [-0.2, 0) is 9.53 Å². The van der Waals surface area contributed by atoms with Crippen molar-refractivity contribution in [2.45, 2.75) is 0 Å². The van der Waals surface area contributed by atoms with Crippen molar-refractivity contribution in [2.75, 3.05) is 36.0 Å². The lowest BCUT2D eigenvalue weighted by molar-refractivity contribution is -0.111. The Bertz CT molecular complexity index is 1080. The van der Waals surface area contributed by atoms with E-state index in [1.807, 2.05) is 0 Å². The summed E-state index contributed by atoms with van der Waals surface area (Å²) < 4.78 is 24.7. The van der Waals surface area contributed by atoms with Crippen molar-refractivity contribution >= 4 is 34.7 Å². The van der Waals surface area contributed by atoms with E-state index in [2.05, 4.69) is 27.2 Å². The predicted molar refractivity (Wildman–Crippen MR) is 118 cm³/mol. The van der Waals surface area contributed by atoms with Crippen LogP contribution in [0.4, 0.5) is 33.2 Å². The number of carbonyl (C=O) groups is 1. The third kappa shape index (κ3) is 6.00. The number of nitrogens with zero attached hydrogens (tertiary/aromatic N) is 3. The maximum absolute atomic E-state index is 14.3. The number of halogens is 1. The van der Waals surface area contributed by atoms with Crippen molar-refractivity contribution in [3.8, 4) is 5.75 Å². The van der Waals surface area contributed by atoms with E-state index >= 15 is 0 Å². The second kappa shape index (κ2) is 10.8. The summed E-state index contributed by atoms with van der Waals surface area (Å²) in [5.41, 5.74) is 1.32. The Morgan fingerprint density at radius 3 is 2.69 bits per heavy atom. The lowest BCUT2D eigenvalue weighted by Crippen LogP contribution is -2.15. The summed E-state index contributed by atoms with van der Waals surface area (Å²) in [4.78, 5) is 19.4. The highest BCUT2D eigenvalue weighted by Crippen LogP contribution is 2.26. The summed E-state index contributed by atoms with van der Waals surface area (Å²) in [5, 5.41) is 16.6. The van der Waals surface area contributed by atoms with Gasteiger partial charge in [-0.1, -0.05) is 12.6 Å². The van der Waals surface area contributed by atoms with Crippen LogP contribution in [0.2, 0.25) is 0 Å². The molecule has 1 amide bonds. The fraction of sp³-hybridized carbons (Fsp3) is 0.136. The van der Waals surface area contributed by atoms with Gasteiger partial charge in [0, 0.05) is 18.5 Å². The molecule has 0 aliphatic carbocycles. The van der Waals surface area contributed by atoms with Gasteiger partial charge in [0.2, 0.25) is 5.91 Å². The molecule has 0 saturated heterocycles. The van der Waals surface area contributed by atoms with Crippen LogP contribution in [-0.4, -0.2) is 41.4 Å². The van der Waals surface area contributed by atoms with Crippen LogP contribution in [0.1, 0.15) is 0 Å². The minimum absolute atomic E-state index is 0.141. The first-order valence-corrected chi connectivity index (χ1v) is 9.54. The maximum atomic E-state index is 14.3. The molecule has 3 rings (SSSR count). The minimum Gasteiger partial charge on any atom is -0.491 e. The molecule has 3 N–H and O–H groups in total. The largest absolute Gasteiger partial charge is 0.491 e. The molecule has 0 aliphatic heterocycles. The zero-order valence-electron chi connectivity index (χ0n) is 17.3. The Morgan fingerprint density at radius 1 is 1.22 bits per heavy atom. The molecule has 0 aliphatic rings. The normalized spacial score (nSPS) is 10.3. The van der Waals surface area contributed by atoms with Crippen LogP contribution in [0.15, 0.2) is 67.4 Å². The SMILES string of the molecule is C=CC(=O)Nc1cccc(Nc2nc(N(O)c3ccc(OCCOC)cc3)ncc2F)c1. The smallest absolute Gasteiger partial charge is 0.256 e. The van der Waals surface area contributed by atoms with E-state index in [1.54, 1.807) is 55.6 Å². The van der Waals surface area contributed by atoms with Gasteiger partial charge in [-0.2, -0.15) is 10.0 Å². The number of ether oxygens (including phenoxy) is 2. The second-order valence-electron chi connectivity index (χ2n) is 6.41. The molecule has 0 radical (unpaired) electrons. The quantitative estimate of drug-likeness (QED) is 0.247. The van der Waals surface area contributed by atoms with Gasteiger partial charge in [0.25, 0.3) is 5.95 Å². The summed E-state index contributed by atoms with van der Waals surface area (Å²) >= 11 is 0. The molecule has 2 aromatic carbocycles. The van der Waals surface area contributed by atoms with E-state index in [0.717, 1.165) is 17.3 Å². The molecule has 0 saturated carbocycles. The number of hydrogen-bond donors (Lipinski definition) is 3. The van der Waals surface area contributed by atoms with Crippen LogP contribution in [0.25, 0.3) is 0 Å². The Labute approximate surface area is 184 Å². The summed E-state index contributed by atoms with van der Waals surface area (Å²) in [7, 11) is 1.58. The highest BCUT2D eigenvalue weighted by molar-refractivity contribution is 5.99. The van der Waals surface area contributed by atoms with Crippen molar-refractivity contribution in [2.24, 2.45) is 0 Å². The molecular formula is C22H22FN5O4. The second-order valence-corrected chi connectivity index (χ2v) is 6.41. The standard InChI is InChI=1S/C22H22FN5O4/c1-3-20(29)25-15-5-4-6-16(13-15)26-21-19(23)14-24-22(27-21)28(30)17-7-9-18(10-8-17)32-12-11-31-2/h3-10,13-14,30H,1,11-12H2,2H3,(H,25,29)(H,24,26,27). The predicted octanol–water partition coefficient (Wildman–Crippen LogP) is 4.04. The number of methoxy groups -OCH3 is 1. The Kier molecular flexibility index (Phi) is 7.68. The van der Waals surface area contributed by atoms with Gasteiger partial charge in [0.1, 0.15) is 12.4 Å². The van der Waals surface area contributed by atoms with E-state index in [0.29, 0.717) is 36.0 Å². The molecule has 10 heteroatoms. The van der Waals surface area contributed by atoms with Crippen LogP contribution < -0.4 is 20.4 Å². The molecule has 32 heavy (non-hydrogen) atoms. The number of nitrogens with one attached hydrogen (secondary N) is 2. The maximum Gasteiger partial charge on any atom is 0.256 e. The van der Waals surface area contributed by atoms with Gasteiger partial charge >= 0.3 is 0 Å². The van der Waals surface area contributed by atoms with E-state index < -0.39 is 5.82 Å². The molecule has 1 aromatic heterocycles. The monoisotopic (exact) mass is 439 g/mol. The number of carbonyl (C=O) groups excluding carboxylic acids is 1. The lowest BCUT2D eigenvalue weighted by Gasteiger charge is -2.16. The zero-order valence-corrected chi connectivity index (χ0v) is 17.3. The first-order valence-electron chi connectivity index (χ1n) is 9.54. The van der Waals surface area contributed by atoms with Gasteiger partial charge in [-0.3, -0.25) is 10.0 Å². The number of aromatic nitrogens is 2. The van der Waals surface area contributed by atoms with Gasteiger partial charge in [-0.15, -0.1) is 0 Å². The molecule has 0 bridgehead atoms.